The Morgan fingerprint density at radius 3 is 2.06 bits per heavy atom. The predicted octanol–water partition coefficient (Wildman–Crippen LogP) is 7.80. The Morgan fingerprint density at radius 1 is 0.804 bits per heavy atom. The summed E-state index contributed by atoms with van der Waals surface area (Å²) in [5, 5.41) is 9.45. The lowest BCUT2D eigenvalue weighted by molar-refractivity contribution is -0.138. The number of hydrogen-bond donors (Lipinski definition) is 2. The molecule has 0 spiro atoms. The third-order valence-electron chi connectivity index (χ3n) is 7.58. The van der Waals surface area contributed by atoms with E-state index in [0.29, 0.717) is 29.5 Å². The summed E-state index contributed by atoms with van der Waals surface area (Å²) in [6.07, 6.45) is 0.881. The lowest BCUT2D eigenvalue weighted by Crippen LogP contribution is -2.35. The Labute approximate surface area is 293 Å². The summed E-state index contributed by atoms with van der Waals surface area (Å²) in [7, 11) is -4.40. The fourth-order valence-corrected chi connectivity index (χ4v) is 6.02. The molecule has 2 N–H and O–H groups in total. The van der Waals surface area contributed by atoms with Gasteiger partial charge in [-0.15, -0.1) is 0 Å². The van der Waals surface area contributed by atoms with E-state index in [2.05, 4.69) is 11.6 Å². The van der Waals surface area contributed by atoms with E-state index in [-0.39, 0.29) is 23.5 Å². The molecule has 0 atom stereocenters. The molecule has 0 radical (unpaired) electrons. The van der Waals surface area contributed by atoms with Gasteiger partial charge in [-0.05, 0) is 90.8 Å². The molecular weight excluding hydrogens is 689 g/mol. The number of hydrogen-bond acceptors (Lipinski definition) is 7. The molecule has 4 aromatic rings. The molecule has 10 nitrogen and oxygen atoms in total. The van der Waals surface area contributed by atoms with Crippen molar-refractivity contribution in [2.24, 2.45) is 0 Å². The van der Waals surface area contributed by atoms with Gasteiger partial charge in [-0.25, -0.2) is 13.2 Å². The number of ether oxygens (including phenoxy) is 2. The number of carboxylic acids is 1. The second kappa shape index (κ2) is 17.5. The van der Waals surface area contributed by atoms with E-state index in [1.165, 1.54) is 55.7 Å². The number of carbonyl (C=O) groups excluding carboxylic acids is 2. The highest BCUT2D eigenvalue weighted by Crippen LogP contribution is 2.31. The van der Waals surface area contributed by atoms with Gasteiger partial charge in [0.25, 0.3) is 15.9 Å². The lowest BCUT2D eigenvalue weighted by Gasteiger charge is -2.21. The Bertz CT molecular complexity index is 1900. The maximum absolute atomic E-state index is 13.3. The molecule has 0 aliphatic rings. The van der Waals surface area contributed by atoms with E-state index in [1.807, 2.05) is 0 Å². The maximum Gasteiger partial charge on any atom is 0.416 e. The van der Waals surface area contributed by atoms with Crippen LogP contribution < -0.4 is 14.2 Å². The number of sulfonamides is 1. The van der Waals surface area contributed by atoms with Crippen LogP contribution in [-0.4, -0.2) is 49.4 Å². The van der Waals surface area contributed by atoms with Crippen molar-refractivity contribution in [3.05, 3.63) is 119 Å². The number of nitrogens with one attached hydrogen (secondary N) is 1. The highest BCUT2D eigenvalue weighted by atomic mass is 32.2. The van der Waals surface area contributed by atoms with E-state index >= 15 is 0 Å². The number of nitrogens with zero attached hydrogens (tertiary/aromatic N) is 1. The topological polar surface area (TPSA) is 139 Å². The second-order valence-electron chi connectivity index (χ2n) is 11.6. The molecule has 0 heterocycles. The van der Waals surface area contributed by atoms with E-state index in [0.717, 1.165) is 35.9 Å². The summed E-state index contributed by atoms with van der Waals surface area (Å²) >= 11 is 0. The van der Waals surface area contributed by atoms with E-state index in [1.54, 1.807) is 36.4 Å². The fraction of sp³-hybridized carbons (Fsp3) is 0.270. The standard InChI is InChI=1S/C37H37F3N2O8S/c1-2-3-4-5-6-22-49-31-20-14-28(15-21-31)36(46)50-32-18-10-26(11-19-32)24-42(25-34(43)44)35(45)27-12-16-30(17-13-27)41-51(47,48)33-9-7-8-29(23-33)37(38,39)40/h7-21,23,41H,2-6,22,24-25H2,1H3,(H,43,44). The third-order valence-corrected chi connectivity index (χ3v) is 8.96. The van der Waals surface area contributed by atoms with Gasteiger partial charge in [-0.2, -0.15) is 13.2 Å². The van der Waals surface area contributed by atoms with Crippen molar-refractivity contribution in [1.29, 1.82) is 0 Å². The van der Waals surface area contributed by atoms with Crippen LogP contribution in [0, 0.1) is 0 Å². The van der Waals surface area contributed by atoms with Crippen LogP contribution in [0.1, 0.15) is 70.9 Å². The van der Waals surface area contributed by atoms with Crippen molar-refractivity contribution in [3.63, 3.8) is 0 Å². The Morgan fingerprint density at radius 2 is 1.43 bits per heavy atom. The van der Waals surface area contributed by atoms with Gasteiger partial charge < -0.3 is 19.5 Å². The molecule has 0 saturated carbocycles. The van der Waals surface area contributed by atoms with Gasteiger partial charge in [0.2, 0.25) is 0 Å². The van der Waals surface area contributed by atoms with Crippen LogP contribution in [0.5, 0.6) is 11.5 Å². The van der Waals surface area contributed by atoms with Crippen LogP contribution in [0.25, 0.3) is 0 Å². The van der Waals surface area contributed by atoms with Crippen LogP contribution in [0.15, 0.2) is 102 Å². The van der Waals surface area contributed by atoms with Crippen molar-refractivity contribution in [2.45, 2.75) is 56.6 Å². The Balaban J connectivity index is 1.35. The summed E-state index contributed by atoms with van der Waals surface area (Å²) in [6, 6.07) is 21.0. The SMILES string of the molecule is CCCCCCCOc1ccc(C(=O)Oc2ccc(CN(CC(=O)O)C(=O)c3ccc(NS(=O)(=O)c4cccc(C(F)(F)F)c4)cc3)cc2)cc1. The molecular formula is C37H37F3N2O8S. The van der Waals surface area contributed by atoms with Gasteiger partial charge in [0.1, 0.15) is 18.0 Å². The number of esters is 1. The quantitative estimate of drug-likeness (QED) is 0.0639. The third kappa shape index (κ3) is 11.6. The summed E-state index contributed by atoms with van der Waals surface area (Å²) < 4.78 is 78.0. The van der Waals surface area contributed by atoms with Crippen molar-refractivity contribution in [2.75, 3.05) is 17.9 Å². The van der Waals surface area contributed by atoms with Crippen molar-refractivity contribution in [3.8, 4) is 11.5 Å². The molecule has 0 aromatic heterocycles. The van der Waals surface area contributed by atoms with Gasteiger partial charge in [0.05, 0.1) is 22.6 Å². The minimum Gasteiger partial charge on any atom is -0.494 e. The fourth-order valence-electron chi connectivity index (χ4n) is 4.91. The molecule has 0 unspecified atom stereocenters. The first-order chi connectivity index (χ1) is 24.2. The normalized spacial score (nSPS) is 11.5. The molecule has 4 rings (SSSR count). The average Bonchev–Trinajstić information content (AvgIpc) is 3.10. The monoisotopic (exact) mass is 726 g/mol. The molecule has 14 heteroatoms. The van der Waals surface area contributed by atoms with Gasteiger partial charge >= 0.3 is 18.1 Å². The van der Waals surface area contributed by atoms with Crippen LogP contribution in [-0.2, 0) is 27.5 Å². The first-order valence-corrected chi connectivity index (χ1v) is 17.6. The number of amides is 1. The minimum atomic E-state index is -4.74. The van der Waals surface area contributed by atoms with Crippen LogP contribution in [0.2, 0.25) is 0 Å². The molecule has 0 fully saturated rings. The number of unbranched alkanes of at least 4 members (excludes halogenated alkanes) is 4. The number of halogens is 3. The minimum absolute atomic E-state index is 0.0312. The van der Waals surface area contributed by atoms with Gasteiger partial charge in [-0.3, -0.25) is 14.3 Å². The molecule has 0 saturated heterocycles. The van der Waals surface area contributed by atoms with E-state index < -0.39 is 51.0 Å². The first-order valence-electron chi connectivity index (χ1n) is 16.1. The largest absolute Gasteiger partial charge is 0.494 e. The molecule has 270 valence electrons. The molecule has 1 amide bonds. The zero-order chi connectivity index (χ0) is 37.0. The zero-order valence-corrected chi connectivity index (χ0v) is 28.5. The first kappa shape index (κ1) is 38.4. The summed E-state index contributed by atoms with van der Waals surface area (Å²) in [5.41, 5.74) is -0.271. The Hall–Kier alpha value is -5.37. The molecule has 51 heavy (non-hydrogen) atoms. The highest BCUT2D eigenvalue weighted by Gasteiger charge is 2.31. The average molecular weight is 727 g/mol. The smallest absolute Gasteiger partial charge is 0.416 e. The van der Waals surface area contributed by atoms with Crippen LogP contribution in [0.3, 0.4) is 0 Å². The van der Waals surface area contributed by atoms with Crippen molar-refractivity contribution >= 4 is 33.6 Å². The number of aliphatic carboxylic acids is 1. The maximum atomic E-state index is 13.3. The van der Waals surface area contributed by atoms with Gasteiger partial charge in [0.15, 0.2) is 0 Å². The van der Waals surface area contributed by atoms with Gasteiger partial charge in [0, 0.05) is 17.8 Å². The molecule has 0 bridgehead atoms. The lowest BCUT2D eigenvalue weighted by atomic mass is 10.1. The number of anilines is 1. The molecule has 0 aliphatic carbocycles. The second-order valence-corrected chi connectivity index (χ2v) is 13.3. The number of alkyl halides is 3. The van der Waals surface area contributed by atoms with Crippen molar-refractivity contribution < 1.29 is 50.6 Å². The highest BCUT2D eigenvalue weighted by molar-refractivity contribution is 7.92. The summed E-state index contributed by atoms with van der Waals surface area (Å²) in [5.74, 6) is -1.65. The number of carboxylic acid groups (broad SMARTS) is 1. The van der Waals surface area contributed by atoms with E-state index in [9.17, 15) is 41.1 Å². The summed E-state index contributed by atoms with van der Waals surface area (Å²) in [6.45, 7) is 1.98. The summed E-state index contributed by atoms with van der Waals surface area (Å²) in [4.78, 5) is 38.0. The zero-order valence-electron chi connectivity index (χ0n) is 27.7. The molecule has 0 aliphatic heterocycles. The Kier molecular flexibility index (Phi) is 13.2. The van der Waals surface area contributed by atoms with Crippen LogP contribution >= 0.6 is 0 Å². The van der Waals surface area contributed by atoms with E-state index in [4.69, 9.17) is 9.47 Å². The molecule has 4 aromatic carbocycles. The van der Waals surface area contributed by atoms with Gasteiger partial charge in [-0.1, -0.05) is 50.8 Å². The van der Waals surface area contributed by atoms with Crippen molar-refractivity contribution in [1.82, 2.24) is 4.90 Å². The number of benzene rings is 4. The van der Waals surface area contributed by atoms with Crippen LogP contribution in [0.4, 0.5) is 18.9 Å². The predicted molar refractivity (Wildman–Crippen MR) is 183 cm³/mol. The number of rotatable bonds is 17. The number of carbonyl (C=O) groups is 3.